The van der Waals surface area contributed by atoms with Crippen LogP contribution in [0.4, 0.5) is 14.5 Å². The van der Waals surface area contributed by atoms with E-state index in [1.54, 1.807) is 18.2 Å². The van der Waals surface area contributed by atoms with E-state index >= 15 is 0 Å². The Labute approximate surface area is 174 Å². The average molecular weight is 430 g/mol. The van der Waals surface area contributed by atoms with Gasteiger partial charge in [0.05, 0.1) is 11.4 Å². The Balaban J connectivity index is 1.79. The van der Waals surface area contributed by atoms with Gasteiger partial charge in [0.1, 0.15) is 0 Å². The highest BCUT2D eigenvalue weighted by Crippen LogP contribution is 2.17. The summed E-state index contributed by atoms with van der Waals surface area (Å²) in [6.45, 7) is -0.393. The third-order valence-electron chi connectivity index (χ3n) is 4.40. The van der Waals surface area contributed by atoms with Gasteiger partial charge in [0.2, 0.25) is 15.9 Å². The molecule has 30 heavy (non-hydrogen) atoms. The number of nitrogens with zero attached hydrogens (tertiary/aromatic N) is 1. The molecule has 8 heteroatoms. The molecule has 0 aromatic heterocycles. The van der Waals surface area contributed by atoms with Crippen molar-refractivity contribution < 1.29 is 22.0 Å². The van der Waals surface area contributed by atoms with Crippen LogP contribution in [-0.2, 0) is 21.2 Å². The second kappa shape index (κ2) is 9.60. The molecule has 0 aliphatic heterocycles. The van der Waals surface area contributed by atoms with Crippen LogP contribution in [0.5, 0.6) is 0 Å². The Bertz CT molecular complexity index is 1110. The molecule has 0 unspecified atom stereocenters. The van der Waals surface area contributed by atoms with Crippen molar-refractivity contribution in [3.63, 3.8) is 0 Å². The first-order valence-corrected chi connectivity index (χ1v) is 10.6. The maximum Gasteiger partial charge on any atom is 0.243 e. The normalized spacial score (nSPS) is 11.4. The zero-order valence-corrected chi connectivity index (χ0v) is 16.8. The summed E-state index contributed by atoms with van der Waals surface area (Å²) in [6, 6.07) is 20.0. The summed E-state index contributed by atoms with van der Waals surface area (Å²) in [6.07, 6.45) is 0.408. The molecule has 3 aromatic rings. The van der Waals surface area contributed by atoms with Crippen molar-refractivity contribution >= 4 is 21.6 Å². The van der Waals surface area contributed by atoms with Crippen molar-refractivity contribution in [2.24, 2.45) is 0 Å². The third-order valence-corrected chi connectivity index (χ3v) is 6.26. The molecule has 0 saturated carbocycles. The molecule has 1 N–H and O–H groups in total. The molecule has 0 atom stereocenters. The lowest BCUT2D eigenvalue weighted by Crippen LogP contribution is -2.39. The topological polar surface area (TPSA) is 66.5 Å². The number of sulfonamides is 1. The van der Waals surface area contributed by atoms with E-state index in [-0.39, 0.29) is 17.1 Å². The van der Waals surface area contributed by atoms with E-state index in [4.69, 9.17) is 0 Å². The molecular formula is C22H20F2N2O3S. The second-order valence-electron chi connectivity index (χ2n) is 6.56. The maximum absolute atomic E-state index is 13.4. The Hall–Kier alpha value is -3.10. The maximum atomic E-state index is 13.4. The largest absolute Gasteiger partial charge is 0.325 e. The second-order valence-corrected chi connectivity index (χ2v) is 8.50. The number of nitrogens with one attached hydrogen (secondary N) is 1. The number of anilines is 1. The van der Waals surface area contributed by atoms with E-state index < -0.39 is 34.1 Å². The summed E-state index contributed by atoms with van der Waals surface area (Å²) < 4.78 is 53.7. The van der Waals surface area contributed by atoms with Crippen LogP contribution < -0.4 is 5.32 Å². The Kier molecular flexibility index (Phi) is 6.91. The number of hydrogen-bond acceptors (Lipinski definition) is 3. The van der Waals surface area contributed by atoms with Gasteiger partial charge in [-0.15, -0.1) is 0 Å². The van der Waals surface area contributed by atoms with Gasteiger partial charge in [0.25, 0.3) is 0 Å². The van der Waals surface area contributed by atoms with Crippen LogP contribution in [0.25, 0.3) is 0 Å². The van der Waals surface area contributed by atoms with Gasteiger partial charge in [-0.05, 0) is 36.2 Å². The summed E-state index contributed by atoms with van der Waals surface area (Å²) in [5, 5.41) is 2.41. The summed E-state index contributed by atoms with van der Waals surface area (Å²) in [5.74, 6) is -2.80. The highest BCUT2D eigenvalue weighted by Gasteiger charge is 2.26. The SMILES string of the molecule is O=C(CN(CCc1ccccc1)S(=O)(=O)c1ccccc1)Nc1ccc(F)c(F)c1. The molecule has 0 aliphatic carbocycles. The molecule has 3 aromatic carbocycles. The van der Waals surface area contributed by atoms with Crippen LogP contribution in [0.2, 0.25) is 0 Å². The zero-order chi connectivity index (χ0) is 21.6. The van der Waals surface area contributed by atoms with Crippen LogP contribution in [-0.4, -0.2) is 31.7 Å². The summed E-state index contributed by atoms with van der Waals surface area (Å²) in [4.78, 5) is 12.5. The van der Waals surface area contributed by atoms with Gasteiger partial charge in [0.15, 0.2) is 11.6 Å². The summed E-state index contributed by atoms with van der Waals surface area (Å²) in [7, 11) is -3.94. The van der Waals surface area contributed by atoms with Crippen molar-refractivity contribution in [1.82, 2.24) is 4.31 Å². The van der Waals surface area contributed by atoms with Gasteiger partial charge in [-0.3, -0.25) is 4.79 Å². The lowest BCUT2D eigenvalue weighted by Gasteiger charge is -2.22. The number of benzene rings is 3. The van der Waals surface area contributed by atoms with E-state index in [1.807, 2.05) is 30.3 Å². The minimum absolute atomic E-state index is 0.0408. The number of hydrogen-bond donors (Lipinski definition) is 1. The fourth-order valence-electron chi connectivity index (χ4n) is 2.86. The van der Waals surface area contributed by atoms with E-state index in [9.17, 15) is 22.0 Å². The van der Waals surface area contributed by atoms with Crippen LogP contribution in [0, 0.1) is 11.6 Å². The van der Waals surface area contributed by atoms with E-state index in [2.05, 4.69) is 5.32 Å². The zero-order valence-electron chi connectivity index (χ0n) is 16.0. The van der Waals surface area contributed by atoms with Crippen molar-refractivity contribution in [2.75, 3.05) is 18.4 Å². The van der Waals surface area contributed by atoms with E-state index in [1.165, 1.54) is 18.2 Å². The summed E-state index contributed by atoms with van der Waals surface area (Å²) >= 11 is 0. The predicted molar refractivity (Wildman–Crippen MR) is 110 cm³/mol. The Morgan fingerprint density at radius 2 is 1.50 bits per heavy atom. The van der Waals surface area contributed by atoms with Crippen molar-refractivity contribution in [3.05, 3.63) is 96.1 Å². The molecule has 0 aliphatic rings. The molecule has 0 heterocycles. The highest BCUT2D eigenvalue weighted by molar-refractivity contribution is 7.89. The van der Waals surface area contributed by atoms with Crippen LogP contribution in [0.3, 0.4) is 0 Å². The van der Waals surface area contributed by atoms with E-state index in [0.717, 1.165) is 22.0 Å². The molecule has 0 bridgehead atoms. The number of halogens is 2. The molecule has 156 valence electrons. The Morgan fingerprint density at radius 1 is 0.867 bits per heavy atom. The molecular weight excluding hydrogens is 410 g/mol. The first-order chi connectivity index (χ1) is 14.4. The number of rotatable bonds is 8. The molecule has 0 saturated heterocycles. The fourth-order valence-corrected chi connectivity index (χ4v) is 4.28. The highest BCUT2D eigenvalue weighted by atomic mass is 32.2. The van der Waals surface area contributed by atoms with Crippen molar-refractivity contribution in [3.8, 4) is 0 Å². The molecule has 0 radical (unpaired) electrons. The monoisotopic (exact) mass is 430 g/mol. The first-order valence-electron chi connectivity index (χ1n) is 9.20. The quantitative estimate of drug-likeness (QED) is 0.591. The first kappa shape index (κ1) is 21.6. The average Bonchev–Trinajstić information content (AvgIpc) is 2.75. The van der Waals surface area contributed by atoms with Crippen molar-refractivity contribution in [1.29, 1.82) is 0 Å². The number of carbonyl (C=O) groups is 1. The van der Waals surface area contributed by atoms with Gasteiger partial charge < -0.3 is 5.32 Å². The summed E-state index contributed by atoms with van der Waals surface area (Å²) in [5.41, 5.74) is 0.964. The lowest BCUT2D eigenvalue weighted by atomic mass is 10.1. The van der Waals surface area contributed by atoms with Gasteiger partial charge >= 0.3 is 0 Å². The molecule has 5 nitrogen and oxygen atoms in total. The predicted octanol–water partition coefficient (Wildman–Crippen LogP) is 3.84. The van der Waals surface area contributed by atoms with Gasteiger partial charge in [-0.25, -0.2) is 17.2 Å². The van der Waals surface area contributed by atoms with Gasteiger partial charge in [0, 0.05) is 18.3 Å². The van der Waals surface area contributed by atoms with Gasteiger partial charge in [-0.2, -0.15) is 4.31 Å². The fraction of sp³-hybridized carbons (Fsp3) is 0.136. The van der Waals surface area contributed by atoms with Crippen LogP contribution in [0.1, 0.15) is 5.56 Å². The van der Waals surface area contributed by atoms with Crippen LogP contribution in [0.15, 0.2) is 83.8 Å². The Morgan fingerprint density at radius 3 is 2.13 bits per heavy atom. The molecule has 1 amide bonds. The standard InChI is InChI=1S/C22H20F2N2O3S/c23-20-12-11-18(15-21(20)24)25-22(27)16-26(14-13-17-7-3-1-4-8-17)30(28,29)19-9-5-2-6-10-19/h1-12,15H,13-14,16H2,(H,25,27). The number of amides is 1. The van der Waals surface area contributed by atoms with Gasteiger partial charge in [-0.1, -0.05) is 48.5 Å². The number of carbonyl (C=O) groups excluding carboxylic acids is 1. The van der Waals surface area contributed by atoms with Crippen molar-refractivity contribution in [2.45, 2.75) is 11.3 Å². The smallest absolute Gasteiger partial charge is 0.243 e. The lowest BCUT2D eigenvalue weighted by molar-refractivity contribution is -0.116. The minimum atomic E-state index is -3.94. The van der Waals surface area contributed by atoms with Crippen LogP contribution >= 0.6 is 0 Å². The molecule has 3 rings (SSSR count). The van der Waals surface area contributed by atoms with E-state index in [0.29, 0.717) is 6.42 Å². The molecule has 0 spiro atoms. The minimum Gasteiger partial charge on any atom is -0.325 e. The third kappa shape index (κ3) is 5.49. The molecule has 0 fully saturated rings.